The number of methoxy groups -OCH3 is 2. The van der Waals surface area contributed by atoms with E-state index in [-0.39, 0.29) is 11.0 Å². The van der Waals surface area contributed by atoms with Crippen LogP contribution in [0.3, 0.4) is 0 Å². The van der Waals surface area contributed by atoms with Gasteiger partial charge < -0.3 is 19.7 Å². The number of carbonyl (C=O) groups is 1. The number of benzene rings is 2. The normalized spacial score (nSPS) is 14.2. The predicted octanol–water partition coefficient (Wildman–Crippen LogP) is 4.07. The number of piperidine rings is 1. The lowest BCUT2D eigenvalue weighted by Gasteiger charge is -2.32. The number of hydrogen-bond donors (Lipinski definition) is 2. The van der Waals surface area contributed by atoms with Crippen LogP contribution in [0.1, 0.15) is 30.1 Å². The molecular weight excluding hydrogens is 386 g/mol. The Kier molecular flexibility index (Phi) is 6.93. The number of nitrogens with zero attached hydrogens (tertiary/aromatic N) is 1. The first-order valence-electron chi connectivity index (χ1n) is 9.69. The fraction of sp³-hybridized carbons (Fsp3) is 0.364. The second kappa shape index (κ2) is 9.60. The summed E-state index contributed by atoms with van der Waals surface area (Å²) in [6.45, 7) is 4.49. The van der Waals surface area contributed by atoms with Gasteiger partial charge in [0.1, 0.15) is 11.5 Å². The van der Waals surface area contributed by atoms with Gasteiger partial charge in [-0.05, 0) is 67.4 Å². The highest BCUT2D eigenvalue weighted by Crippen LogP contribution is 2.25. The van der Waals surface area contributed by atoms with Crippen molar-refractivity contribution in [2.45, 2.75) is 19.8 Å². The first kappa shape index (κ1) is 20.9. The smallest absolute Gasteiger partial charge is 0.261 e. The number of anilines is 2. The Hall–Kier alpha value is -2.80. The molecule has 2 N–H and O–H groups in total. The molecule has 1 fully saturated rings. The van der Waals surface area contributed by atoms with E-state index >= 15 is 0 Å². The highest BCUT2D eigenvalue weighted by molar-refractivity contribution is 7.80. The summed E-state index contributed by atoms with van der Waals surface area (Å²) in [5.41, 5.74) is 2.42. The maximum absolute atomic E-state index is 12.5. The molecule has 0 unspecified atom stereocenters. The third-order valence-electron chi connectivity index (χ3n) is 5.15. The van der Waals surface area contributed by atoms with Gasteiger partial charge in [0.2, 0.25) is 0 Å². The third kappa shape index (κ3) is 5.38. The van der Waals surface area contributed by atoms with Crippen molar-refractivity contribution in [1.29, 1.82) is 0 Å². The fourth-order valence-electron chi connectivity index (χ4n) is 3.34. The molecule has 0 saturated carbocycles. The van der Waals surface area contributed by atoms with Gasteiger partial charge in [-0.15, -0.1) is 0 Å². The molecule has 1 saturated heterocycles. The van der Waals surface area contributed by atoms with Gasteiger partial charge in [0, 0.05) is 30.5 Å². The summed E-state index contributed by atoms with van der Waals surface area (Å²) in [6.07, 6.45) is 2.45. The van der Waals surface area contributed by atoms with Gasteiger partial charge in [0.05, 0.1) is 19.8 Å². The van der Waals surface area contributed by atoms with Gasteiger partial charge in [-0.25, -0.2) is 0 Å². The fourth-order valence-corrected chi connectivity index (χ4v) is 3.55. The molecule has 3 rings (SSSR count). The first-order valence-corrected chi connectivity index (χ1v) is 10.1. The number of rotatable bonds is 5. The Balaban J connectivity index is 1.58. The molecule has 0 bridgehead atoms. The van der Waals surface area contributed by atoms with Crippen molar-refractivity contribution < 1.29 is 14.3 Å². The Morgan fingerprint density at radius 3 is 2.38 bits per heavy atom. The van der Waals surface area contributed by atoms with Gasteiger partial charge in [-0.3, -0.25) is 10.1 Å². The lowest BCUT2D eigenvalue weighted by atomic mass is 9.99. The summed E-state index contributed by atoms with van der Waals surface area (Å²) >= 11 is 5.29. The number of thiocarbonyl (C=S) groups is 1. The van der Waals surface area contributed by atoms with Crippen LogP contribution in [-0.4, -0.2) is 38.3 Å². The van der Waals surface area contributed by atoms with E-state index in [4.69, 9.17) is 21.7 Å². The third-order valence-corrected chi connectivity index (χ3v) is 5.36. The molecule has 0 radical (unpaired) electrons. The lowest BCUT2D eigenvalue weighted by Crippen LogP contribution is -2.34. The average molecular weight is 414 g/mol. The van der Waals surface area contributed by atoms with E-state index in [0.29, 0.717) is 17.1 Å². The molecule has 29 heavy (non-hydrogen) atoms. The van der Waals surface area contributed by atoms with E-state index in [1.807, 2.05) is 12.1 Å². The zero-order valence-corrected chi connectivity index (χ0v) is 17.8. The molecule has 0 aliphatic carbocycles. The van der Waals surface area contributed by atoms with Gasteiger partial charge in [-0.2, -0.15) is 0 Å². The molecule has 0 atom stereocenters. The zero-order valence-electron chi connectivity index (χ0n) is 17.0. The van der Waals surface area contributed by atoms with E-state index in [9.17, 15) is 4.79 Å². The molecular formula is C22H27N3O3S. The SMILES string of the molecule is COc1ccc(C(=O)NC(=S)Nc2ccc(N3CCC(C)CC3)cc2)c(OC)c1. The van der Waals surface area contributed by atoms with Crippen LogP contribution in [0, 0.1) is 5.92 Å². The summed E-state index contributed by atoms with van der Waals surface area (Å²) in [4.78, 5) is 14.9. The summed E-state index contributed by atoms with van der Waals surface area (Å²) in [5.74, 6) is 1.49. The molecule has 0 spiro atoms. The largest absolute Gasteiger partial charge is 0.497 e. The molecule has 7 heteroatoms. The topological polar surface area (TPSA) is 62.8 Å². The van der Waals surface area contributed by atoms with Crippen molar-refractivity contribution in [2.75, 3.05) is 37.5 Å². The van der Waals surface area contributed by atoms with Crippen LogP contribution in [0.4, 0.5) is 11.4 Å². The number of hydrogen-bond acceptors (Lipinski definition) is 5. The minimum absolute atomic E-state index is 0.229. The number of ether oxygens (including phenoxy) is 2. The maximum Gasteiger partial charge on any atom is 0.261 e. The van der Waals surface area contributed by atoms with Crippen LogP contribution in [0.5, 0.6) is 11.5 Å². The monoisotopic (exact) mass is 413 g/mol. The van der Waals surface area contributed by atoms with E-state index in [1.165, 1.54) is 25.6 Å². The second-order valence-electron chi connectivity index (χ2n) is 7.19. The number of amides is 1. The average Bonchev–Trinajstić information content (AvgIpc) is 2.74. The van der Waals surface area contributed by atoms with Crippen LogP contribution in [0.25, 0.3) is 0 Å². The molecule has 154 valence electrons. The van der Waals surface area contributed by atoms with Crippen molar-refractivity contribution in [3.63, 3.8) is 0 Å². The van der Waals surface area contributed by atoms with E-state index < -0.39 is 0 Å². The van der Waals surface area contributed by atoms with Crippen LogP contribution >= 0.6 is 12.2 Å². The second-order valence-corrected chi connectivity index (χ2v) is 7.60. The molecule has 1 aliphatic rings. The predicted molar refractivity (Wildman–Crippen MR) is 120 cm³/mol. The van der Waals surface area contributed by atoms with Crippen molar-refractivity contribution >= 4 is 34.6 Å². The van der Waals surface area contributed by atoms with Gasteiger partial charge in [0.15, 0.2) is 5.11 Å². The molecule has 2 aromatic rings. The van der Waals surface area contributed by atoms with Crippen LogP contribution in [-0.2, 0) is 0 Å². The Morgan fingerprint density at radius 2 is 1.76 bits per heavy atom. The van der Waals surface area contributed by atoms with Crippen molar-refractivity contribution in [3.8, 4) is 11.5 Å². The number of carbonyl (C=O) groups excluding carboxylic acids is 1. The van der Waals surface area contributed by atoms with E-state index in [0.717, 1.165) is 24.7 Å². The summed E-state index contributed by atoms with van der Waals surface area (Å²) < 4.78 is 10.4. The van der Waals surface area contributed by atoms with Crippen LogP contribution in [0.2, 0.25) is 0 Å². The molecule has 2 aromatic carbocycles. The summed E-state index contributed by atoms with van der Waals surface area (Å²) in [6, 6.07) is 13.1. The highest BCUT2D eigenvalue weighted by atomic mass is 32.1. The van der Waals surface area contributed by atoms with Gasteiger partial charge >= 0.3 is 0 Å². The van der Waals surface area contributed by atoms with Crippen molar-refractivity contribution in [1.82, 2.24) is 5.32 Å². The maximum atomic E-state index is 12.5. The van der Waals surface area contributed by atoms with Crippen LogP contribution in [0.15, 0.2) is 42.5 Å². The van der Waals surface area contributed by atoms with Gasteiger partial charge in [0.25, 0.3) is 5.91 Å². The Bertz CT molecular complexity index is 862. The summed E-state index contributed by atoms with van der Waals surface area (Å²) in [7, 11) is 3.07. The first-order chi connectivity index (χ1) is 14.0. The minimum Gasteiger partial charge on any atom is -0.497 e. The molecule has 1 aliphatic heterocycles. The van der Waals surface area contributed by atoms with Crippen LogP contribution < -0.4 is 25.0 Å². The molecule has 6 nitrogen and oxygen atoms in total. The van der Waals surface area contributed by atoms with Crippen molar-refractivity contribution in [2.24, 2.45) is 5.92 Å². The quantitative estimate of drug-likeness (QED) is 0.721. The lowest BCUT2D eigenvalue weighted by molar-refractivity contribution is 0.0974. The summed E-state index contributed by atoms with van der Waals surface area (Å²) in [5, 5.41) is 5.97. The molecule has 1 amide bonds. The Labute approximate surface area is 177 Å². The Morgan fingerprint density at radius 1 is 1.07 bits per heavy atom. The standard InChI is InChI=1S/C22H27N3O3S/c1-15-10-12-25(13-11-15)17-6-4-16(5-7-17)23-22(29)24-21(26)19-9-8-18(27-2)14-20(19)28-3/h4-9,14-15H,10-13H2,1-3H3,(H2,23,24,26,29). The molecule has 0 aromatic heterocycles. The van der Waals surface area contributed by atoms with E-state index in [1.54, 1.807) is 25.3 Å². The van der Waals surface area contributed by atoms with Gasteiger partial charge in [-0.1, -0.05) is 6.92 Å². The number of nitrogens with one attached hydrogen (secondary N) is 2. The van der Waals surface area contributed by atoms with Crippen molar-refractivity contribution in [3.05, 3.63) is 48.0 Å². The minimum atomic E-state index is -0.346. The van der Waals surface area contributed by atoms with E-state index in [2.05, 4.69) is 34.6 Å². The molecule has 1 heterocycles. The zero-order chi connectivity index (χ0) is 20.8. The highest BCUT2D eigenvalue weighted by Gasteiger charge is 2.17.